The lowest BCUT2D eigenvalue weighted by molar-refractivity contribution is 0.0478. The van der Waals surface area contributed by atoms with Crippen molar-refractivity contribution in [2.75, 3.05) is 0 Å². The van der Waals surface area contributed by atoms with E-state index in [-0.39, 0.29) is 12.6 Å². The van der Waals surface area contributed by atoms with Crippen LogP contribution in [0.4, 0.5) is 0 Å². The van der Waals surface area contributed by atoms with E-state index in [0.717, 1.165) is 18.4 Å². The molecule has 120 valence electrons. The van der Waals surface area contributed by atoms with Gasteiger partial charge in [-0.25, -0.2) is 4.79 Å². The Morgan fingerprint density at radius 1 is 1.30 bits per heavy atom. The van der Waals surface area contributed by atoms with Crippen LogP contribution in [0.15, 0.2) is 30.3 Å². The van der Waals surface area contributed by atoms with Gasteiger partial charge < -0.3 is 10.5 Å². The number of rotatable bonds is 4. The van der Waals surface area contributed by atoms with E-state index in [2.05, 4.69) is 6.92 Å². The fourth-order valence-corrected chi connectivity index (χ4v) is 3.89. The van der Waals surface area contributed by atoms with Crippen molar-refractivity contribution in [3.05, 3.63) is 56.8 Å². The maximum atomic E-state index is 12.2. The first-order valence-electron chi connectivity index (χ1n) is 7.70. The number of ether oxygens (including phenoxy) is 1. The molecule has 1 amide bonds. The zero-order valence-electron chi connectivity index (χ0n) is 13.0. The second kappa shape index (κ2) is 6.54. The van der Waals surface area contributed by atoms with Crippen LogP contribution >= 0.6 is 11.3 Å². The topological polar surface area (TPSA) is 69.4 Å². The fourth-order valence-electron chi connectivity index (χ4n) is 2.79. The van der Waals surface area contributed by atoms with E-state index in [1.165, 1.54) is 16.9 Å². The van der Waals surface area contributed by atoms with Gasteiger partial charge >= 0.3 is 5.97 Å². The third-order valence-electron chi connectivity index (χ3n) is 4.14. The molecule has 0 saturated carbocycles. The van der Waals surface area contributed by atoms with Gasteiger partial charge in [0.05, 0.1) is 0 Å². The number of esters is 1. The van der Waals surface area contributed by atoms with Gasteiger partial charge in [-0.1, -0.05) is 19.1 Å². The van der Waals surface area contributed by atoms with Crippen molar-refractivity contribution in [1.82, 2.24) is 0 Å². The van der Waals surface area contributed by atoms with Crippen molar-refractivity contribution in [3.8, 4) is 0 Å². The van der Waals surface area contributed by atoms with Crippen LogP contribution in [-0.2, 0) is 24.2 Å². The summed E-state index contributed by atoms with van der Waals surface area (Å²) in [5, 5.41) is 0. The van der Waals surface area contributed by atoms with Crippen LogP contribution in [0.5, 0.6) is 0 Å². The Morgan fingerprint density at radius 2 is 2.04 bits per heavy atom. The number of thiophene rings is 1. The molecule has 1 heterocycles. The molecule has 0 saturated heterocycles. The van der Waals surface area contributed by atoms with E-state index < -0.39 is 5.91 Å². The van der Waals surface area contributed by atoms with Crippen molar-refractivity contribution >= 4 is 23.2 Å². The minimum absolute atomic E-state index is 0.191. The van der Waals surface area contributed by atoms with Crippen LogP contribution in [0.1, 0.15) is 49.4 Å². The Hall–Kier alpha value is -2.14. The van der Waals surface area contributed by atoms with Gasteiger partial charge in [-0.15, -0.1) is 11.3 Å². The third-order valence-corrected chi connectivity index (χ3v) is 5.36. The summed E-state index contributed by atoms with van der Waals surface area (Å²) in [5.74, 6) is -0.0623. The van der Waals surface area contributed by atoms with Gasteiger partial charge in [0.15, 0.2) is 0 Å². The monoisotopic (exact) mass is 329 g/mol. The largest absolute Gasteiger partial charge is 0.457 e. The molecule has 2 N–H and O–H groups in total. The number of aryl methyl sites for hydroxylation is 1. The Bertz CT molecular complexity index is 733. The highest BCUT2D eigenvalue weighted by Crippen LogP contribution is 2.32. The van der Waals surface area contributed by atoms with Crippen molar-refractivity contribution in [2.24, 2.45) is 11.7 Å². The first-order valence-corrected chi connectivity index (χ1v) is 8.52. The molecule has 0 radical (unpaired) electrons. The van der Waals surface area contributed by atoms with E-state index in [4.69, 9.17) is 10.5 Å². The highest BCUT2D eigenvalue weighted by molar-refractivity contribution is 7.14. The maximum Gasteiger partial charge on any atom is 0.348 e. The van der Waals surface area contributed by atoms with Gasteiger partial charge in [-0.05, 0) is 54.5 Å². The lowest BCUT2D eigenvalue weighted by Crippen LogP contribution is -2.10. The van der Waals surface area contributed by atoms with Crippen LogP contribution in [0.25, 0.3) is 0 Å². The van der Waals surface area contributed by atoms with Gasteiger partial charge in [0.2, 0.25) is 5.91 Å². The summed E-state index contributed by atoms with van der Waals surface area (Å²) in [4.78, 5) is 25.2. The normalized spacial score (nSPS) is 16.7. The van der Waals surface area contributed by atoms with Crippen LogP contribution < -0.4 is 5.73 Å². The first-order chi connectivity index (χ1) is 11.0. The molecule has 23 heavy (non-hydrogen) atoms. The van der Waals surface area contributed by atoms with Gasteiger partial charge in [-0.2, -0.15) is 0 Å². The van der Waals surface area contributed by atoms with Crippen LogP contribution in [0.3, 0.4) is 0 Å². The molecular formula is C18H19NO3S. The van der Waals surface area contributed by atoms with E-state index in [9.17, 15) is 9.59 Å². The van der Waals surface area contributed by atoms with E-state index in [1.54, 1.807) is 35.6 Å². The standard InChI is InChI=1S/C18H19NO3S/c1-11-2-7-15-14(8-11)9-16(23-15)18(21)22-10-12-3-5-13(6-4-12)17(19)20/h3-6,9,11H,2,7-8,10H2,1H3,(H2,19,20)/t11-/m1/s1. The molecule has 0 fully saturated rings. The molecule has 2 aromatic rings. The number of fused-ring (bicyclic) bond motifs is 1. The number of hydrogen-bond acceptors (Lipinski definition) is 4. The molecule has 1 aromatic heterocycles. The number of amides is 1. The van der Waals surface area contributed by atoms with Crippen molar-refractivity contribution < 1.29 is 14.3 Å². The first kappa shape index (κ1) is 15.7. The van der Waals surface area contributed by atoms with Crippen LogP contribution in [0, 0.1) is 5.92 Å². The second-order valence-electron chi connectivity index (χ2n) is 6.04. The van der Waals surface area contributed by atoms with E-state index in [0.29, 0.717) is 16.4 Å². The minimum atomic E-state index is -0.466. The minimum Gasteiger partial charge on any atom is -0.457 e. The smallest absolute Gasteiger partial charge is 0.348 e. The van der Waals surface area contributed by atoms with Crippen molar-refractivity contribution in [1.29, 1.82) is 0 Å². The Kier molecular flexibility index (Phi) is 4.48. The molecule has 4 nitrogen and oxygen atoms in total. The summed E-state index contributed by atoms with van der Waals surface area (Å²) in [6, 6.07) is 8.74. The molecule has 1 aliphatic carbocycles. The average molecular weight is 329 g/mol. The van der Waals surface area contributed by atoms with Crippen LogP contribution in [-0.4, -0.2) is 11.9 Å². The molecule has 1 aliphatic rings. The molecule has 0 spiro atoms. The number of carbonyl (C=O) groups is 2. The van der Waals surface area contributed by atoms with Gasteiger partial charge in [0.25, 0.3) is 0 Å². The number of carbonyl (C=O) groups excluding carboxylic acids is 2. The lowest BCUT2D eigenvalue weighted by Gasteiger charge is -2.16. The Balaban J connectivity index is 1.62. The van der Waals surface area contributed by atoms with Gasteiger partial charge in [0, 0.05) is 10.4 Å². The Morgan fingerprint density at radius 3 is 2.74 bits per heavy atom. The van der Waals surface area contributed by atoms with Crippen molar-refractivity contribution in [3.63, 3.8) is 0 Å². The van der Waals surface area contributed by atoms with E-state index in [1.807, 2.05) is 6.07 Å². The predicted octanol–water partition coefficient (Wildman–Crippen LogP) is 3.33. The quantitative estimate of drug-likeness (QED) is 0.875. The summed E-state index contributed by atoms with van der Waals surface area (Å²) in [6.07, 6.45) is 3.30. The number of primary amides is 1. The summed E-state index contributed by atoms with van der Waals surface area (Å²) < 4.78 is 5.37. The highest BCUT2D eigenvalue weighted by Gasteiger charge is 2.21. The third kappa shape index (κ3) is 3.62. The zero-order chi connectivity index (χ0) is 16.4. The molecular weight excluding hydrogens is 310 g/mol. The maximum absolute atomic E-state index is 12.2. The van der Waals surface area contributed by atoms with E-state index >= 15 is 0 Å². The molecule has 0 bridgehead atoms. The predicted molar refractivity (Wildman–Crippen MR) is 89.6 cm³/mol. The fraction of sp³-hybridized carbons (Fsp3) is 0.333. The molecule has 1 atom stereocenters. The lowest BCUT2D eigenvalue weighted by atomic mass is 9.90. The Labute approximate surface area is 139 Å². The molecule has 0 aliphatic heterocycles. The second-order valence-corrected chi connectivity index (χ2v) is 7.18. The summed E-state index contributed by atoms with van der Waals surface area (Å²) in [7, 11) is 0. The number of hydrogen-bond donors (Lipinski definition) is 1. The average Bonchev–Trinajstić information content (AvgIpc) is 2.96. The highest BCUT2D eigenvalue weighted by atomic mass is 32.1. The number of nitrogens with two attached hydrogens (primary N) is 1. The van der Waals surface area contributed by atoms with Gasteiger partial charge in [0.1, 0.15) is 11.5 Å². The zero-order valence-corrected chi connectivity index (χ0v) is 13.8. The summed E-state index contributed by atoms with van der Waals surface area (Å²) in [6.45, 7) is 2.44. The van der Waals surface area contributed by atoms with Gasteiger partial charge in [-0.3, -0.25) is 4.79 Å². The summed E-state index contributed by atoms with van der Waals surface area (Å²) >= 11 is 1.55. The molecule has 1 aromatic carbocycles. The van der Waals surface area contributed by atoms with Crippen molar-refractivity contribution in [2.45, 2.75) is 32.8 Å². The molecule has 5 heteroatoms. The van der Waals surface area contributed by atoms with Crippen LogP contribution in [0.2, 0.25) is 0 Å². The SMILES string of the molecule is C[C@@H]1CCc2sc(C(=O)OCc3ccc(C(N)=O)cc3)cc2C1. The summed E-state index contributed by atoms with van der Waals surface area (Å²) in [5.41, 5.74) is 7.77. The molecule has 3 rings (SSSR count). The molecule has 0 unspecified atom stereocenters. The number of benzene rings is 1.